The number of aromatic nitrogens is 2. The van der Waals surface area contributed by atoms with Crippen LogP contribution in [0.3, 0.4) is 0 Å². The highest BCUT2D eigenvalue weighted by molar-refractivity contribution is 6.19. The third-order valence-corrected chi connectivity index (χ3v) is 7.55. The fraction of sp³-hybridized carbons (Fsp3) is 0.0882. The summed E-state index contributed by atoms with van der Waals surface area (Å²) in [5.74, 6) is 1.10. The predicted octanol–water partition coefficient (Wildman–Crippen LogP) is 9.44. The van der Waals surface area contributed by atoms with Gasteiger partial charge >= 0.3 is 0 Å². The lowest BCUT2D eigenvalue weighted by Gasteiger charge is -2.10. The first kappa shape index (κ1) is 21.3. The van der Waals surface area contributed by atoms with Gasteiger partial charge in [0.15, 0.2) is 11.2 Å². The van der Waals surface area contributed by atoms with Gasteiger partial charge in [0.2, 0.25) is 0 Å². The minimum Gasteiger partial charge on any atom is -0.452 e. The van der Waals surface area contributed by atoms with Crippen molar-refractivity contribution in [3.63, 3.8) is 0 Å². The molecule has 5 aromatic carbocycles. The van der Waals surface area contributed by atoms with Crippen molar-refractivity contribution >= 4 is 54.9 Å². The third-order valence-electron chi connectivity index (χ3n) is 7.55. The second kappa shape index (κ2) is 8.09. The fourth-order valence-electron chi connectivity index (χ4n) is 5.75. The maximum Gasteiger partial charge on any atom is 0.178 e. The highest BCUT2D eigenvalue weighted by Gasteiger charge is 2.16. The van der Waals surface area contributed by atoms with Crippen LogP contribution in [0.4, 0.5) is 0 Å². The Hall–Kier alpha value is -4.83. The van der Waals surface area contributed by atoms with Crippen LogP contribution in [0.1, 0.15) is 19.2 Å². The van der Waals surface area contributed by atoms with Crippen molar-refractivity contribution < 1.29 is 8.83 Å². The summed E-state index contributed by atoms with van der Waals surface area (Å²) in [6.07, 6.45) is 2.00. The molecular formula is C34H24N2O2. The van der Waals surface area contributed by atoms with E-state index in [-0.39, 0.29) is 0 Å². The predicted molar refractivity (Wildman–Crippen MR) is 155 cm³/mol. The zero-order valence-corrected chi connectivity index (χ0v) is 20.9. The number of aryl methyl sites for hydroxylation is 1. The van der Waals surface area contributed by atoms with Gasteiger partial charge in [-0.2, -0.15) is 0 Å². The summed E-state index contributed by atoms with van der Waals surface area (Å²) in [4.78, 5) is 4.90. The van der Waals surface area contributed by atoms with Crippen molar-refractivity contribution in [2.45, 2.75) is 19.8 Å². The second-order valence-electron chi connectivity index (χ2n) is 9.88. The average Bonchev–Trinajstić information content (AvgIpc) is 3.64. The molecule has 4 heteroatoms. The standard InChI is InChI=1S/C34H24N2O2/c1-2-7-32-35-28-9-4-5-10-29(28)36(32)23-15-12-21(13-16-23)22-14-19-31-27(20-22)26-18-17-25-24-8-3-6-11-30(24)37-33(25)34(26)38-31/h3-6,8-20H,2,7H2,1H3. The second-order valence-corrected chi connectivity index (χ2v) is 9.88. The first-order chi connectivity index (χ1) is 18.8. The summed E-state index contributed by atoms with van der Waals surface area (Å²) >= 11 is 0. The van der Waals surface area contributed by atoms with E-state index >= 15 is 0 Å². The molecule has 0 aliphatic heterocycles. The Morgan fingerprint density at radius 1 is 0.632 bits per heavy atom. The van der Waals surface area contributed by atoms with Crippen molar-refractivity contribution in [1.29, 1.82) is 0 Å². The van der Waals surface area contributed by atoms with Crippen LogP contribution in [-0.4, -0.2) is 9.55 Å². The van der Waals surface area contributed by atoms with Gasteiger partial charge in [0.25, 0.3) is 0 Å². The van der Waals surface area contributed by atoms with Crippen molar-refractivity contribution in [2.24, 2.45) is 0 Å². The van der Waals surface area contributed by atoms with Crippen molar-refractivity contribution in [3.8, 4) is 16.8 Å². The van der Waals surface area contributed by atoms with Gasteiger partial charge in [-0.1, -0.05) is 55.5 Å². The van der Waals surface area contributed by atoms with Gasteiger partial charge in [-0.25, -0.2) is 4.98 Å². The van der Waals surface area contributed by atoms with E-state index in [2.05, 4.69) is 90.4 Å². The smallest absolute Gasteiger partial charge is 0.178 e. The quantitative estimate of drug-likeness (QED) is 0.246. The zero-order valence-electron chi connectivity index (χ0n) is 20.9. The minimum atomic E-state index is 0.802. The van der Waals surface area contributed by atoms with Crippen LogP contribution in [0.2, 0.25) is 0 Å². The van der Waals surface area contributed by atoms with Crippen LogP contribution < -0.4 is 0 Å². The maximum atomic E-state index is 6.33. The third kappa shape index (κ3) is 3.07. The zero-order chi connectivity index (χ0) is 25.2. The topological polar surface area (TPSA) is 44.1 Å². The summed E-state index contributed by atoms with van der Waals surface area (Å²) in [5.41, 5.74) is 8.98. The molecular weight excluding hydrogens is 468 g/mol. The van der Waals surface area contributed by atoms with Gasteiger partial charge in [-0.05, 0) is 72.1 Å². The molecule has 3 aromatic heterocycles. The van der Waals surface area contributed by atoms with Crippen LogP contribution in [0.25, 0.3) is 71.7 Å². The van der Waals surface area contributed by atoms with Crippen LogP contribution >= 0.6 is 0 Å². The van der Waals surface area contributed by atoms with Crippen LogP contribution in [0.15, 0.2) is 112 Å². The molecule has 4 nitrogen and oxygen atoms in total. The minimum absolute atomic E-state index is 0.802. The molecule has 0 spiro atoms. The van der Waals surface area contributed by atoms with E-state index in [1.54, 1.807) is 0 Å². The molecule has 0 saturated carbocycles. The maximum absolute atomic E-state index is 6.33. The Balaban J connectivity index is 1.24. The number of rotatable bonds is 4. The van der Waals surface area contributed by atoms with E-state index in [1.165, 1.54) is 0 Å². The molecule has 0 amide bonds. The molecule has 8 rings (SSSR count). The molecule has 0 fully saturated rings. The summed E-state index contributed by atoms with van der Waals surface area (Å²) < 4.78 is 14.8. The van der Waals surface area contributed by atoms with E-state index < -0.39 is 0 Å². The van der Waals surface area contributed by atoms with E-state index in [4.69, 9.17) is 13.8 Å². The molecule has 0 aliphatic rings. The van der Waals surface area contributed by atoms with Gasteiger partial charge in [-0.15, -0.1) is 0 Å². The summed E-state index contributed by atoms with van der Waals surface area (Å²) in [6.45, 7) is 2.20. The summed E-state index contributed by atoms with van der Waals surface area (Å²) in [6, 6.07) is 36.0. The Bertz CT molecular complexity index is 2140. The van der Waals surface area contributed by atoms with Crippen molar-refractivity contribution in [3.05, 3.63) is 109 Å². The van der Waals surface area contributed by atoms with E-state index in [1.807, 2.05) is 24.3 Å². The van der Waals surface area contributed by atoms with E-state index in [0.717, 1.165) is 90.4 Å². The molecule has 38 heavy (non-hydrogen) atoms. The molecule has 3 heterocycles. The fourth-order valence-corrected chi connectivity index (χ4v) is 5.75. The number of hydrogen-bond acceptors (Lipinski definition) is 3. The number of nitrogens with zero attached hydrogens (tertiary/aromatic N) is 2. The van der Waals surface area contributed by atoms with Crippen LogP contribution in [-0.2, 0) is 6.42 Å². The SMILES string of the molecule is CCCc1nc2ccccc2n1-c1ccc(-c2ccc3oc4c(ccc5c6ccccc6oc54)c3c2)cc1. The lowest BCUT2D eigenvalue weighted by molar-refractivity contribution is 0.633. The molecule has 0 N–H and O–H groups in total. The molecule has 0 atom stereocenters. The van der Waals surface area contributed by atoms with Crippen molar-refractivity contribution in [2.75, 3.05) is 0 Å². The largest absolute Gasteiger partial charge is 0.452 e. The van der Waals surface area contributed by atoms with Gasteiger partial charge in [0.1, 0.15) is 17.0 Å². The Morgan fingerprint density at radius 3 is 2.13 bits per heavy atom. The number of hydrogen-bond donors (Lipinski definition) is 0. The van der Waals surface area contributed by atoms with Crippen LogP contribution in [0, 0.1) is 0 Å². The molecule has 0 saturated heterocycles. The number of fused-ring (bicyclic) bond motifs is 8. The molecule has 0 unspecified atom stereocenters. The number of furan rings is 2. The highest BCUT2D eigenvalue weighted by atomic mass is 16.4. The Labute approximate surface area is 218 Å². The van der Waals surface area contributed by atoms with E-state index in [0.29, 0.717) is 0 Å². The summed E-state index contributed by atoms with van der Waals surface area (Å²) in [7, 11) is 0. The highest BCUT2D eigenvalue weighted by Crippen LogP contribution is 2.39. The van der Waals surface area contributed by atoms with Crippen LogP contribution in [0.5, 0.6) is 0 Å². The first-order valence-electron chi connectivity index (χ1n) is 13.1. The lowest BCUT2D eigenvalue weighted by Crippen LogP contribution is -2.01. The van der Waals surface area contributed by atoms with Gasteiger partial charge in [-0.3, -0.25) is 4.57 Å². The Morgan fingerprint density at radius 2 is 1.32 bits per heavy atom. The molecule has 182 valence electrons. The van der Waals surface area contributed by atoms with Gasteiger partial charge in [0.05, 0.1) is 11.0 Å². The first-order valence-corrected chi connectivity index (χ1v) is 13.1. The number of benzene rings is 5. The Kier molecular flexibility index (Phi) is 4.53. The lowest BCUT2D eigenvalue weighted by atomic mass is 10.0. The number of imidazole rings is 1. The normalized spacial score (nSPS) is 12.0. The number of para-hydroxylation sites is 3. The van der Waals surface area contributed by atoms with Gasteiger partial charge < -0.3 is 8.83 Å². The van der Waals surface area contributed by atoms with Crippen molar-refractivity contribution in [1.82, 2.24) is 9.55 Å². The monoisotopic (exact) mass is 492 g/mol. The molecule has 8 aromatic rings. The average molecular weight is 493 g/mol. The van der Waals surface area contributed by atoms with Gasteiger partial charge in [0, 0.05) is 33.7 Å². The molecule has 0 aliphatic carbocycles. The van der Waals surface area contributed by atoms with E-state index in [9.17, 15) is 0 Å². The molecule has 0 bridgehead atoms. The summed E-state index contributed by atoms with van der Waals surface area (Å²) in [5, 5.41) is 4.35. The molecule has 0 radical (unpaired) electrons.